The zero-order valence-electron chi connectivity index (χ0n) is 35.8. The maximum atomic E-state index is 2.46. The Labute approximate surface area is 379 Å². The molecule has 12 aromatic rings. The quantitative estimate of drug-likeness (QED) is 0.138. The molecule has 0 aromatic heterocycles. The van der Waals surface area contributed by atoms with Crippen LogP contribution in [0.2, 0.25) is 0 Å². The van der Waals surface area contributed by atoms with E-state index in [1.165, 1.54) is 98.7 Å². The van der Waals surface area contributed by atoms with Crippen LogP contribution in [0.1, 0.15) is 0 Å². The molecule has 12 aromatic carbocycles. The molecule has 12 rings (SSSR count). The van der Waals surface area contributed by atoms with Gasteiger partial charge in [-0.15, -0.1) is 0 Å². The summed E-state index contributed by atoms with van der Waals surface area (Å²) in [6, 6.07) is 95.4. The van der Waals surface area contributed by atoms with Gasteiger partial charge in [0, 0.05) is 16.9 Å². The molecular weight excluding hydrogens is 783 g/mol. The summed E-state index contributed by atoms with van der Waals surface area (Å²) in [6.45, 7) is 0. The Balaban J connectivity index is 1.11. The highest BCUT2D eigenvalue weighted by molar-refractivity contribution is 6.19. The van der Waals surface area contributed by atoms with Gasteiger partial charge >= 0.3 is 0 Å². The van der Waals surface area contributed by atoms with Crippen LogP contribution in [0, 0.1) is 0 Å². The zero-order chi connectivity index (χ0) is 43.1. The van der Waals surface area contributed by atoms with Crippen molar-refractivity contribution in [1.29, 1.82) is 0 Å². The lowest BCUT2D eigenvalue weighted by molar-refractivity contribution is 1.28. The first-order chi connectivity index (χ1) is 32.2. The molecule has 0 aliphatic rings. The van der Waals surface area contributed by atoms with Gasteiger partial charge in [0.2, 0.25) is 0 Å². The van der Waals surface area contributed by atoms with Crippen LogP contribution in [0.15, 0.2) is 261 Å². The molecule has 0 amide bonds. The summed E-state index contributed by atoms with van der Waals surface area (Å²) in [5.74, 6) is 0. The molecule has 0 atom stereocenters. The third-order valence-corrected chi connectivity index (χ3v) is 13.1. The van der Waals surface area contributed by atoms with Crippen LogP contribution < -0.4 is 4.90 Å². The normalized spacial score (nSPS) is 11.4. The van der Waals surface area contributed by atoms with Crippen molar-refractivity contribution in [2.45, 2.75) is 0 Å². The second-order valence-electron chi connectivity index (χ2n) is 16.8. The molecule has 0 N–H and O–H groups in total. The van der Waals surface area contributed by atoms with Gasteiger partial charge in [0.1, 0.15) is 0 Å². The standard InChI is InChI=1S/C64H43N/c1-3-16-44(17-4-1)46-30-32-47(33-31-46)49-36-40-53(41-37-49)65(52-38-34-48(35-39-52)45-18-5-2-6-19-45)63-29-15-28-60(61-42-50-20-7-9-22-54(50)56-24-11-13-26-58(56)61)64(63)62-43-51-21-8-10-23-55(51)57-25-12-14-27-59(57)62/h1-43H. The van der Waals surface area contributed by atoms with Gasteiger partial charge in [-0.05, 0) is 136 Å². The van der Waals surface area contributed by atoms with Crippen molar-refractivity contribution in [1.82, 2.24) is 0 Å². The van der Waals surface area contributed by atoms with Gasteiger partial charge in [0.05, 0.1) is 5.69 Å². The van der Waals surface area contributed by atoms with Gasteiger partial charge in [0.25, 0.3) is 0 Å². The molecule has 0 radical (unpaired) electrons. The van der Waals surface area contributed by atoms with E-state index in [0.717, 1.165) is 17.1 Å². The highest BCUT2D eigenvalue weighted by Crippen LogP contribution is 2.50. The van der Waals surface area contributed by atoms with Crippen molar-refractivity contribution in [2.24, 2.45) is 0 Å². The Kier molecular flexibility index (Phi) is 9.58. The smallest absolute Gasteiger partial charge is 0.0546 e. The van der Waals surface area contributed by atoms with E-state index in [-0.39, 0.29) is 0 Å². The summed E-state index contributed by atoms with van der Waals surface area (Å²) in [5, 5.41) is 9.90. The van der Waals surface area contributed by atoms with Crippen molar-refractivity contribution >= 4 is 60.2 Å². The largest absolute Gasteiger partial charge is 0.310 e. The molecule has 0 saturated carbocycles. The summed E-state index contributed by atoms with van der Waals surface area (Å²) >= 11 is 0. The lowest BCUT2D eigenvalue weighted by Crippen LogP contribution is -2.12. The van der Waals surface area contributed by atoms with E-state index in [9.17, 15) is 0 Å². The number of rotatable bonds is 8. The Bertz CT molecular complexity index is 3670. The minimum atomic E-state index is 1.08. The maximum absolute atomic E-state index is 2.46. The van der Waals surface area contributed by atoms with Crippen LogP contribution in [0.3, 0.4) is 0 Å². The van der Waals surface area contributed by atoms with Gasteiger partial charge in [-0.3, -0.25) is 0 Å². The highest BCUT2D eigenvalue weighted by Gasteiger charge is 2.24. The SMILES string of the molecule is c1ccc(-c2ccc(-c3ccc(N(c4ccc(-c5ccccc5)cc4)c4cccc(-c5cc6ccccc6c6ccccc56)c4-c4cc5ccccc5c5ccccc45)cc3)cc2)cc1. The molecule has 0 saturated heterocycles. The molecule has 0 aliphatic heterocycles. The topological polar surface area (TPSA) is 3.24 Å². The summed E-state index contributed by atoms with van der Waals surface area (Å²) in [6.07, 6.45) is 0. The molecule has 304 valence electrons. The van der Waals surface area contributed by atoms with E-state index in [0.29, 0.717) is 0 Å². The van der Waals surface area contributed by atoms with Gasteiger partial charge in [-0.2, -0.15) is 0 Å². The van der Waals surface area contributed by atoms with Gasteiger partial charge in [-0.25, -0.2) is 0 Å². The molecule has 1 nitrogen and oxygen atoms in total. The van der Waals surface area contributed by atoms with Crippen molar-refractivity contribution in [2.75, 3.05) is 4.90 Å². The van der Waals surface area contributed by atoms with E-state index in [2.05, 4.69) is 266 Å². The zero-order valence-corrected chi connectivity index (χ0v) is 35.8. The van der Waals surface area contributed by atoms with Crippen LogP contribution in [0.5, 0.6) is 0 Å². The molecule has 0 heterocycles. The Morgan fingerprint density at radius 1 is 0.215 bits per heavy atom. The van der Waals surface area contributed by atoms with Crippen LogP contribution in [0.25, 0.3) is 98.7 Å². The number of benzene rings is 12. The van der Waals surface area contributed by atoms with Crippen molar-refractivity contribution < 1.29 is 0 Å². The number of hydrogen-bond donors (Lipinski definition) is 0. The van der Waals surface area contributed by atoms with E-state index in [1.54, 1.807) is 0 Å². The Hall–Kier alpha value is -8.52. The first kappa shape index (κ1) is 38.2. The summed E-state index contributed by atoms with van der Waals surface area (Å²) < 4.78 is 0. The first-order valence-corrected chi connectivity index (χ1v) is 22.4. The fourth-order valence-electron chi connectivity index (χ4n) is 9.92. The molecule has 0 spiro atoms. The number of hydrogen-bond acceptors (Lipinski definition) is 1. The molecule has 0 fully saturated rings. The predicted octanol–water partition coefficient (Wildman–Crippen LogP) is 18.1. The lowest BCUT2D eigenvalue weighted by Gasteiger charge is -2.30. The van der Waals surface area contributed by atoms with Gasteiger partial charge in [0.15, 0.2) is 0 Å². The number of fused-ring (bicyclic) bond motifs is 6. The predicted molar refractivity (Wildman–Crippen MR) is 278 cm³/mol. The van der Waals surface area contributed by atoms with Gasteiger partial charge < -0.3 is 4.90 Å². The van der Waals surface area contributed by atoms with Crippen molar-refractivity contribution in [3.05, 3.63) is 261 Å². The molecule has 65 heavy (non-hydrogen) atoms. The number of anilines is 3. The van der Waals surface area contributed by atoms with Crippen LogP contribution in [-0.2, 0) is 0 Å². The van der Waals surface area contributed by atoms with E-state index >= 15 is 0 Å². The molecule has 1 heteroatoms. The minimum absolute atomic E-state index is 1.08. The minimum Gasteiger partial charge on any atom is -0.310 e. The van der Waals surface area contributed by atoms with E-state index in [4.69, 9.17) is 0 Å². The van der Waals surface area contributed by atoms with Crippen LogP contribution in [-0.4, -0.2) is 0 Å². The molecule has 0 aliphatic carbocycles. The second-order valence-corrected chi connectivity index (χ2v) is 16.8. The summed E-state index contributed by atoms with van der Waals surface area (Å²) in [4.78, 5) is 2.46. The Morgan fingerprint density at radius 3 is 1.05 bits per heavy atom. The van der Waals surface area contributed by atoms with E-state index < -0.39 is 0 Å². The fraction of sp³-hybridized carbons (Fsp3) is 0. The second kappa shape index (κ2) is 16.3. The van der Waals surface area contributed by atoms with Crippen molar-refractivity contribution in [3.8, 4) is 55.6 Å². The monoisotopic (exact) mass is 825 g/mol. The van der Waals surface area contributed by atoms with Crippen molar-refractivity contribution in [3.63, 3.8) is 0 Å². The Morgan fingerprint density at radius 2 is 0.569 bits per heavy atom. The average Bonchev–Trinajstić information content (AvgIpc) is 3.39. The number of nitrogens with zero attached hydrogens (tertiary/aromatic N) is 1. The maximum Gasteiger partial charge on any atom is 0.0546 e. The van der Waals surface area contributed by atoms with Crippen LogP contribution in [0.4, 0.5) is 17.1 Å². The third-order valence-electron chi connectivity index (χ3n) is 13.1. The van der Waals surface area contributed by atoms with E-state index in [1.807, 2.05) is 0 Å². The molecule has 0 unspecified atom stereocenters. The third kappa shape index (κ3) is 6.92. The van der Waals surface area contributed by atoms with Crippen LogP contribution >= 0.6 is 0 Å². The average molecular weight is 826 g/mol. The summed E-state index contributed by atoms with van der Waals surface area (Å²) in [7, 11) is 0. The lowest BCUT2D eigenvalue weighted by atomic mass is 9.85. The molecular formula is C64H43N. The molecule has 0 bridgehead atoms. The summed E-state index contributed by atoms with van der Waals surface area (Å²) in [5.41, 5.74) is 15.2. The highest BCUT2D eigenvalue weighted by atomic mass is 15.1. The van der Waals surface area contributed by atoms with Gasteiger partial charge in [-0.1, -0.05) is 218 Å². The fourth-order valence-corrected chi connectivity index (χ4v) is 9.92. The first-order valence-electron chi connectivity index (χ1n) is 22.4.